The average molecular weight is 277 g/mol. The molecule has 0 bridgehead atoms. The highest BCUT2D eigenvalue weighted by atomic mass is 16.6. The van der Waals surface area contributed by atoms with Gasteiger partial charge >= 0.3 is 5.69 Å². The fraction of sp³-hybridized carbons (Fsp3) is 0.500. The molecule has 0 heterocycles. The third-order valence-corrected chi connectivity index (χ3v) is 3.26. The Bertz CT molecular complexity index is 525. The van der Waals surface area contributed by atoms with Crippen LogP contribution in [0.25, 0.3) is 0 Å². The molecule has 1 aromatic carbocycles. The van der Waals surface area contributed by atoms with E-state index >= 15 is 0 Å². The number of rotatable bonds is 7. The maximum absolute atomic E-state index is 10.9. The average Bonchev–Trinajstić information content (AvgIpc) is 2.44. The van der Waals surface area contributed by atoms with E-state index in [0.29, 0.717) is 31.4 Å². The van der Waals surface area contributed by atoms with Gasteiger partial charge in [-0.3, -0.25) is 10.1 Å². The van der Waals surface area contributed by atoms with Crippen LogP contribution in [0.15, 0.2) is 18.2 Å². The largest absolute Gasteiger partial charge is 0.487 e. The number of nitriles is 1. The van der Waals surface area contributed by atoms with Crippen LogP contribution in [0.4, 0.5) is 5.69 Å². The van der Waals surface area contributed by atoms with E-state index in [4.69, 9.17) is 15.7 Å². The van der Waals surface area contributed by atoms with Gasteiger partial charge in [0.1, 0.15) is 5.54 Å². The minimum absolute atomic E-state index is 0.0419. The standard InChI is InChI=1S/C14H19N3O3/c1-3-14(16,10-15)8-5-9-20-13-11(2)6-4-7-12(13)17(18)19/h4,6-7H,3,5,8-9,16H2,1-2H3. The van der Waals surface area contributed by atoms with Gasteiger partial charge in [-0.05, 0) is 31.7 Å². The van der Waals surface area contributed by atoms with E-state index in [1.165, 1.54) is 6.07 Å². The molecule has 0 saturated carbocycles. The van der Waals surface area contributed by atoms with Crippen molar-refractivity contribution in [2.75, 3.05) is 6.61 Å². The Hall–Kier alpha value is -2.13. The summed E-state index contributed by atoms with van der Waals surface area (Å²) in [5, 5.41) is 19.9. The first-order valence-corrected chi connectivity index (χ1v) is 6.50. The van der Waals surface area contributed by atoms with Crippen LogP contribution in [0.3, 0.4) is 0 Å². The van der Waals surface area contributed by atoms with Crippen molar-refractivity contribution in [2.45, 2.75) is 38.6 Å². The summed E-state index contributed by atoms with van der Waals surface area (Å²) in [5.74, 6) is 0.286. The quantitative estimate of drug-likeness (QED) is 0.469. The molecule has 0 radical (unpaired) electrons. The molecule has 2 N–H and O–H groups in total. The van der Waals surface area contributed by atoms with Crippen molar-refractivity contribution in [3.8, 4) is 11.8 Å². The van der Waals surface area contributed by atoms with Gasteiger partial charge in [-0.1, -0.05) is 19.1 Å². The van der Waals surface area contributed by atoms with Gasteiger partial charge in [0.25, 0.3) is 0 Å². The number of ether oxygens (including phenoxy) is 1. The van der Waals surface area contributed by atoms with Crippen molar-refractivity contribution < 1.29 is 9.66 Å². The summed E-state index contributed by atoms with van der Waals surface area (Å²) in [7, 11) is 0. The molecule has 20 heavy (non-hydrogen) atoms. The summed E-state index contributed by atoms with van der Waals surface area (Å²) in [5.41, 5.74) is 5.69. The molecule has 0 aliphatic heterocycles. The minimum Gasteiger partial charge on any atom is -0.487 e. The molecular formula is C14H19N3O3. The minimum atomic E-state index is -0.846. The first-order chi connectivity index (χ1) is 9.43. The first kappa shape index (κ1) is 15.9. The monoisotopic (exact) mass is 277 g/mol. The van der Waals surface area contributed by atoms with Crippen LogP contribution in [-0.2, 0) is 0 Å². The molecule has 1 unspecified atom stereocenters. The van der Waals surface area contributed by atoms with Crippen LogP contribution in [0.2, 0.25) is 0 Å². The predicted octanol–water partition coefficient (Wildman–Crippen LogP) is 2.69. The van der Waals surface area contributed by atoms with E-state index in [0.717, 1.165) is 0 Å². The molecule has 0 aromatic heterocycles. The Labute approximate surface area is 118 Å². The summed E-state index contributed by atoms with van der Waals surface area (Å²) in [4.78, 5) is 10.5. The van der Waals surface area contributed by atoms with E-state index in [1.54, 1.807) is 19.1 Å². The Morgan fingerprint density at radius 1 is 1.55 bits per heavy atom. The van der Waals surface area contributed by atoms with Crippen molar-refractivity contribution in [1.82, 2.24) is 0 Å². The van der Waals surface area contributed by atoms with Crippen LogP contribution >= 0.6 is 0 Å². The normalized spacial score (nSPS) is 13.3. The van der Waals surface area contributed by atoms with Crippen LogP contribution < -0.4 is 10.5 Å². The number of nitro groups is 1. The number of hydrogen-bond donors (Lipinski definition) is 1. The number of nitrogens with two attached hydrogens (primary N) is 1. The number of aryl methyl sites for hydroxylation is 1. The number of hydrogen-bond acceptors (Lipinski definition) is 5. The fourth-order valence-electron chi connectivity index (χ4n) is 1.84. The van der Waals surface area contributed by atoms with Crippen LogP contribution in [0.1, 0.15) is 31.7 Å². The van der Waals surface area contributed by atoms with Crippen molar-refractivity contribution in [3.05, 3.63) is 33.9 Å². The van der Waals surface area contributed by atoms with Gasteiger partial charge in [0.05, 0.1) is 17.6 Å². The van der Waals surface area contributed by atoms with Gasteiger partial charge in [0, 0.05) is 6.07 Å². The van der Waals surface area contributed by atoms with Gasteiger partial charge < -0.3 is 10.5 Å². The van der Waals surface area contributed by atoms with Gasteiger partial charge in [0.2, 0.25) is 0 Å². The number of benzene rings is 1. The molecule has 1 rings (SSSR count). The van der Waals surface area contributed by atoms with Crippen molar-refractivity contribution in [3.63, 3.8) is 0 Å². The molecule has 0 spiro atoms. The Morgan fingerprint density at radius 2 is 2.25 bits per heavy atom. The maximum atomic E-state index is 10.9. The third kappa shape index (κ3) is 3.93. The molecule has 0 fully saturated rings. The van der Waals surface area contributed by atoms with Gasteiger partial charge in [0.15, 0.2) is 5.75 Å². The van der Waals surface area contributed by atoms with Crippen molar-refractivity contribution in [2.24, 2.45) is 5.73 Å². The summed E-state index contributed by atoms with van der Waals surface area (Å²) in [6, 6.07) is 6.88. The van der Waals surface area contributed by atoms with E-state index in [-0.39, 0.29) is 11.4 Å². The smallest absolute Gasteiger partial charge is 0.311 e. The predicted molar refractivity (Wildman–Crippen MR) is 75.4 cm³/mol. The number of nitro benzene ring substituents is 1. The summed E-state index contributed by atoms with van der Waals surface area (Å²) < 4.78 is 5.51. The second-order valence-electron chi connectivity index (χ2n) is 4.75. The Morgan fingerprint density at radius 3 is 2.80 bits per heavy atom. The molecule has 6 heteroatoms. The Balaban J connectivity index is 2.64. The van der Waals surface area contributed by atoms with Gasteiger partial charge in [-0.25, -0.2) is 0 Å². The van der Waals surface area contributed by atoms with Crippen LogP contribution in [0.5, 0.6) is 5.75 Å². The molecule has 0 saturated heterocycles. The van der Waals surface area contributed by atoms with Crippen molar-refractivity contribution >= 4 is 5.69 Å². The van der Waals surface area contributed by atoms with E-state index < -0.39 is 10.5 Å². The molecule has 6 nitrogen and oxygen atoms in total. The summed E-state index contributed by atoms with van der Waals surface area (Å²) in [6.07, 6.45) is 1.64. The van der Waals surface area contributed by atoms with Gasteiger partial charge in [-0.2, -0.15) is 5.26 Å². The van der Waals surface area contributed by atoms with E-state index in [2.05, 4.69) is 6.07 Å². The highest BCUT2D eigenvalue weighted by Gasteiger charge is 2.22. The lowest BCUT2D eigenvalue weighted by Crippen LogP contribution is -2.37. The highest BCUT2D eigenvalue weighted by molar-refractivity contribution is 5.51. The van der Waals surface area contributed by atoms with Crippen LogP contribution in [0, 0.1) is 28.4 Å². The molecule has 0 aliphatic carbocycles. The lowest BCUT2D eigenvalue weighted by molar-refractivity contribution is -0.385. The third-order valence-electron chi connectivity index (χ3n) is 3.26. The SMILES string of the molecule is CCC(N)(C#N)CCCOc1c(C)cccc1[N+](=O)[O-]. The van der Waals surface area contributed by atoms with E-state index in [9.17, 15) is 10.1 Å². The second-order valence-corrected chi connectivity index (χ2v) is 4.75. The zero-order valence-electron chi connectivity index (χ0n) is 11.8. The fourth-order valence-corrected chi connectivity index (χ4v) is 1.84. The molecule has 0 aliphatic rings. The zero-order chi connectivity index (χ0) is 15.2. The van der Waals surface area contributed by atoms with E-state index in [1.807, 2.05) is 6.92 Å². The molecule has 108 valence electrons. The molecule has 1 atom stereocenters. The maximum Gasteiger partial charge on any atom is 0.311 e. The summed E-state index contributed by atoms with van der Waals surface area (Å²) >= 11 is 0. The number of nitrogens with zero attached hydrogens (tertiary/aromatic N) is 2. The topological polar surface area (TPSA) is 102 Å². The lowest BCUT2D eigenvalue weighted by Gasteiger charge is -2.19. The van der Waals surface area contributed by atoms with Gasteiger partial charge in [-0.15, -0.1) is 0 Å². The molecule has 0 amide bonds. The molecular weight excluding hydrogens is 258 g/mol. The molecule has 1 aromatic rings. The lowest BCUT2D eigenvalue weighted by atomic mass is 9.94. The van der Waals surface area contributed by atoms with Crippen molar-refractivity contribution in [1.29, 1.82) is 5.26 Å². The first-order valence-electron chi connectivity index (χ1n) is 6.50. The van der Waals surface area contributed by atoms with Crippen LogP contribution in [-0.4, -0.2) is 17.1 Å². The Kier molecular flexibility index (Phi) is 5.47. The highest BCUT2D eigenvalue weighted by Crippen LogP contribution is 2.30. The zero-order valence-corrected chi connectivity index (χ0v) is 11.8. The summed E-state index contributed by atoms with van der Waals surface area (Å²) in [6.45, 7) is 3.92. The number of para-hydroxylation sites is 1. The second kappa shape index (κ2) is 6.87.